The Hall–Kier alpha value is -1.70. The van der Waals surface area contributed by atoms with Crippen molar-refractivity contribution in [3.05, 3.63) is 33.8 Å². The van der Waals surface area contributed by atoms with Gasteiger partial charge in [-0.3, -0.25) is 4.79 Å². The van der Waals surface area contributed by atoms with Crippen molar-refractivity contribution in [1.29, 1.82) is 0 Å². The van der Waals surface area contributed by atoms with Crippen molar-refractivity contribution < 1.29 is 23.1 Å². The molecule has 1 aliphatic rings. The predicted molar refractivity (Wildman–Crippen MR) is 92.4 cm³/mol. The van der Waals surface area contributed by atoms with Gasteiger partial charge in [0.25, 0.3) is 5.91 Å². The van der Waals surface area contributed by atoms with E-state index in [9.17, 15) is 18.4 Å². The predicted octanol–water partition coefficient (Wildman–Crippen LogP) is 3.86. The molecular weight excluding hydrogens is 398 g/mol. The number of hydrogen-bond donors (Lipinski definition) is 1. The molecule has 5 nitrogen and oxygen atoms in total. The van der Waals surface area contributed by atoms with E-state index in [-0.39, 0.29) is 16.1 Å². The zero-order chi connectivity index (χ0) is 18.8. The van der Waals surface area contributed by atoms with Gasteiger partial charge in [-0.25, -0.2) is 13.6 Å². The monoisotopic (exact) mass is 418 g/mol. The summed E-state index contributed by atoms with van der Waals surface area (Å²) in [4.78, 5) is 25.7. The Labute approximate surface area is 153 Å². The zero-order valence-electron chi connectivity index (χ0n) is 14.4. The minimum Gasteiger partial charge on any atom is -0.444 e. The molecule has 2 amide bonds. The van der Waals surface area contributed by atoms with Crippen LogP contribution in [0.15, 0.2) is 16.6 Å². The topological polar surface area (TPSA) is 58.6 Å². The zero-order valence-corrected chi connectivity index (χ0v) is 16.0. The van der Waals surface area contributed by atoms with Crippen LogP contribution in [0.4, 0.5) is 13.6 Å². The van der Waals surface area contributed by atoms with E-state index in [2.05, 4.69) is 21.2 Å². The number of halogens is 3. The van der Waals surface area contributed by atoms with Crippen molar-refractivity contribution in [2.75, 3.05) is 13.1 Å². The number of hydrogen-bond acceptors (Lipinski definition) is 3. The van der Waals surface area contributed by atoms with Gasteiger partial charge < -0.3 is 15.0 Å². The fourth-order valence-electron chi connectivity index (χ4n) is 2.58. The molecule has 0 bridgehead atoms. The van der Waals surface area contributed by atoms with Crippen LogP contribution in [0.5, 0.6) is 0 Å². The highest BCUT2D eigenvalue weighted by molar-refractivity contribution is 9.10. The van der Waals surface area contributed by atoms with Gasteiger partial charge in [0.15, 0.2) is 0 Å². The summed E-state index contributed by atoms with van der Waals surface area (Å²) in [5.41, 5.74) is -0.888. The maximum absolute atomic E-state index is 13.9. The lowest BCUT2D eigenvalue weighted by Crippen LogP contribution is -2.47. The highest BCUT2D eigenvalue weighted by Crippen LogP contribution is 2.26. The molecule has 0 radical (unpaired) electrons. The van der Waals surface area contributed by atoms with Gasteiger partial charge in [0.05, 0.1) is 10.0 Å². The third kappa shape index (κ3) is 5.14. The van der Waals surface area contributed by atoms with E-state index < -0.39 is 29.2 Å². The summed E-state index contributed by atoms with van der Waals surface area (Å²) >= 11 is 2.93. The molecule has 0 aromatic heterocycles. The fourth-order valence-corrected chi connectivity index (χ4v) is 3.07. The van der Waals surface area contributed by atoms with Crippen molar-refractivity contribution >= 4 is 27.9 Å². The first-order valence-corrected chi connectivity index (χ1v) is 8.80. The Kier molecular flexibility index (Phi) is 6.03. The van der Waals surface area contributed by atoms with Gasteiger partial charge in [-0.2, -0.15) is 0 Å². The number of alkyl carbamates (subject to hydrolysis) is 1. The summed E-state index contributed by atoms with van der Waals surface area (Å²) in [5, 5.41) is 2.76. The summed E-state index contributed by atoms with van der Waals surface area (Å²) in [7, 11) is 0. The van der Waals surface area contributed by atoms with Crippen LogP contribution in [0.2, 0.25) is 0 Å². The Morgan fingerprint density at radius 3 is 2.32 bits per heavy atom. The molecule has 1 aromatic carbocycles. The van der Waals surface area contributed by atoms with E-state index in [1.165, 1.54) is 4.90 Å². The molecule has 0 atom stereocenters. The molecule has 2 rings (SSSR count). The molecule has 1 saturated heterocycles. The second-order valence-electron chi connectivity index (χ2n) is 6.93. The third-order valence-corrected chi connectivity index (χ3v) is 4.54. The second-order valence-corrected chi connectivity index (χ2v) is 7.72. The quantitative estimate of drug-likeness (QED) is 0.741. The Morgan fingerprint density at radius 1 is 1.20 bits per heavy atom. The van der Waals surface area contributed by atoms with E-state index in [0.717, 1.165) is 12.1 Å². The smallest absolute Gasteiger partial charge is 0.407 e. The second kappa shape index (κ2) is 7.68. The normalized spacial score (nSPS) is 15.8. The summed E-state index contributed by atoms with van der Waals surface area (Å²) in [5.74, 6) is -2.03. The molecule has 1 heterocycles. The van der Waals surface area contributed by atoms with E-state index >= 15 is 0 Å². The van der Waals surface area contributed by atoms with Gasteiger partial charge in [-0.05, 0) is 61.7 Å². The molecule has 1 aromatic rings. The van der Waals surface area contributed by atoms with E-state index in [0.29, 0.717) is 25.9 Å². The fraction of sp³-hybridized carbons (Fsp3) is 0.529. The summed E-state index contributed by atoms with van der Waals surface area (Å²) < 4.78 is 32.5. The number of ether oxygens (including phenoxy) is 1. The lowest BCUT2D eigenvalue weighted by atomic mass is 10.0. The average Bonchev–Trinajstić information content (AvgIpc) is 2.50. The number of likely N-dealkylation sites (tertiary alicyclic amines) is 1. The van der Waals surface area contributed by atoms with Crippen molar-refractivity contribution in [1.82, 2.24) is 10.2 Å². The van der Waals surface area contributed by atoms with E-state index in [4.69, 9.17) is 4.74 Å². The molecule has 1 fully saturated rings. The largest absolute Gasteiger partial charge is 0.444 e. The Bertz CT molecular complexity index is 669. The van der Waals surface area contributed by atoms with Crippen molar-refractivity contribution in [2.45, 2.75) is 45.3 Å². The van der Waals surface area contributed by atoms with Crippen molar-refractivity contribution in [2.24, 2.45) is 0 Å². The van der Waals surface area contributed by atoms with E-state index in [1.54, 1.807) is 20.8 Å². The molecule has 8 heteroatoms. The molecule has 0 aliphatic carbocycles. The van der Waals surface area contributed by atoms with E-state index in [1.807, 2.05) is 0 Å². The number of nitrogens with zero attached hydrogens (tertiary/aromatic N) is 1. The summed E-state index contributed by atoms with van der Waals surface area (Å²) in [6.07, 6.45) is 0.523. The first kappa shape index (κ1) is 19.6. The van der Waals surface area contributed by atoms with Crippen molar-refractivity contribution in [3.63, 3.8) is 0 Å². The highest BCUT2D eigenvalue weighted by atomic mass is 79.9. The van der Waals surface area contributed by atoms with Crippen LogP contribution in [0.3, 0.4) is 0 Å². The minimum absolute atomic E-state index is 0.125. The highest BCUT2D eigenvalue weighted by Gasteiger charge is 2.29. The van der Waals surface area contributed by atoms with Gasteiger partial charge >= 0.3 is 6.09 Å². The first-order valence-electron chi connectivity index (χ1n) is 8.01. The molecule has 25 heavy (non-hydrogen) atoms. The molecule has 0 saturated carbocycles. The number of nitrogens with one attached hydrogen (secondary N) is 1. The van der Waals surface area contributed by atoms with Crippen LogP contribution in [-0.2, 0) is 4.74 Å². The van der Waals surface area contributed by atoms with Gasteiger partial charge in [0, 0.05) is 19.1 Å². The summed E-state index contributed by atoms with van der Waals surface area (Å²) in [6, 6.07) is 1.77. The van der Waals surface area contributed by atoms with Crippen LogP contribution in [0.25, 0.3) is 0 Å². The SMILES string of the molecule is CC(C)(C)OC(=O)NC1CCN(C(=O)c2c(F)ccc(F)c2Br)CC1. The first-order chi connectivity index (χ1) is 11.6. The van der Waals surface area contributed by atoms with Crippen molar-refractivity contribution in [3.8, 4) is 0 Å². The molecule has 1 aliphatic heterocycles. The summed E-state index contributed by atoms with van der Waals surface area (Å²) in [6.45, 7) is 6.00. The standard InChI is InChI=1S/C17H21BrF2N2O3/c1-17(2,3)25-16(24)21-10-6-8-22(9-7-10)15(23)13-11(19)4-5-12(20)14(13)18/h4-5,10H,6-9H2,1-3H3,(H,21,24). The number of rotatable bonds is 2. The number of amides is 2. The number of carbonyl (C=O) groups is 2. The minimum atomic E-state index is -0.771. The number of piperidine rings is 1. The maximum Gasteiger partial charge on any atom is 0.407 e. The number of benzene rings is 1. The van der Waals surface area contributed by atoms with Crippen LogP contribution in [0.1, 0.15) is 44.0 Å². The van der Waals surface area contributed by atoms with Crippen LogP contribution >= 0.6 is 15.9 Å². The Morgan fingerprint density at radius 2 is 1.76 bits per heavy atom. The number of carbonyl (C=O) groups excluding carboxylic acids is 2. The van der Waals surface area contributed by atoms with Crippen LogP contribution < -0.4 is 5.32 Å². The molecular formula is C17H21BrF2N2O3. The lowest BCUT2D eigenvalue weighted by molar-refractivity contribution is 0.0473. The molecule has 0 unspecified atom stereocenters. The maximum atomic E-state index is 13.9. The van der Waals surface area contributed by atoms with Gasteiger partial charge in [-0.1, -0.05) is 0 Å². The third-order valence-electron chi connectivity index (χ3n) is 3.76. The molecule has 138 valence electrons. The van der Waals surface area contributed by atoms with Crippen LogP contribution in [0, 0.1) is 11.6 Å². The van der Waals surface area contributed by atoms with Gasteiger partial charge in [0.1, 0.15) is 17.2 Å². The van der Waals surface area contributed by atoms with Crippen LogP contribution in [-0.4, -0.2) is 41.6 Å². The molecule has 1 N–H and O–H groups in total. The Balaban J connectivity index is 1.95. The van der Waals surface area contributed by atoms with Gasteiger partial charge in [0.2, 0.25) is 0 Å². The van der Waals surface area contributed by atoms with Gasteiger partial charge in [-0.15, -0.1) is 0 Å². The average molecular weight is 419 g/mol. The lowest BCUT2D eigenvalue weighted by Gasteiger charge is -2.33. The molecule has 0 spiro atoms.